The zero-order chi connectivity index (χ0) is 14.2. The molecule has 4 nitrogen and oxygen atoms in total. The van der Waals surface area contributed by atoms with Gasteiger partial charge >= 0.3 is 0 Å². The van der Waals surface area contributed by atoms with Crippen LogP contribution in [0.5, 0.6) is 0 Å². The largest absolute Gasteiger partial charge is 0.323 e. The van der Waals surface area contributed by atoms with Crippen molar-refractivity contribution < 1.29 is 0 Å². The molecule has 0 atom stereocenters. The average Bonchev–Trinajstić information content (AvgIpc) is 2.64. The summed E-state index contributed by atoms with van der Waals surface area (Å²) in [7, 11) is 2.04. The number of H-pyrrole nitrogens is 1. The van der Waals surface area contributed by atoms with Gasteiger partial charge in [-0.3, -0.25) is 9.36 Å². The molecule has 0 saturated heterocycles. The fourth-order valence-electron chi connectivity index (χ4n) is 2.00. The van der Waals surface area contributed by atoms with Crippen molar-refractivity contribution in [3.8, 4) is 0 Å². The molecule has 2 aromatic heterocycles. The van der Waals surface area contributed by atoms with E-state index in [9.17, 15) is 4.79 Å². The number of aromatic nitrogens is 2. The molecule has 0 radical (unpaired) electrons. The van der Waals surface area contributed by atoms with Crippen LogP contribution in [0.3, 0.4) is 0 Å². The standard InChI is InChI=1S/C13H19N3OS2/c1-5-15(4)6-7-16-12(17)10-8(2)9(3)19-11(10)14-13(16)18/h5-7H2,1-4H3,(H,14,18). The van der Waals surface area contributed by atoms with Gasteiger partial charge in [0.2, 0.25) is 0 Å². The topological polar surface area (TPSA) is 41.0 Å². The van der Waals surface area contributed by atoms with Gasteiger partial charge in [0, 0.05) is 18.0 Å². The normalized spacial score (nSPS) is 11.6. The van der Waals surface area contributed by atoms with E-state index in [1.807, 2.05) is 20.9 Å². The smallest absolute Gasteiger partial charge is 0.263 e. The highest BCUT2D eigenvalue weighted by Gasteiger charge is 2.12. The Morgan fingerprint density at radius 3 is 2.74 bits per heavy atom. The zero-order valence-corrected chi connectivity index (χ0v) is 13.4. The summed E-state index contributed by atoms with van der Waals surface area (Å²) in [6.07, 6.45) is 0. The lowest BCUT2D eigenvalue weighted by atomic mass is 10.2. The van der Waals surface area contributed by atoms with E-state index in [1.54, 1.807) is 15.9 Å². The molecule has 0 aliphatic rings. The zero-order valence-electron chi connectivity index (χ0n) is 11.7. The maximum Gasteiger partial charge on any atom is 0.263 e. The van der Waals surface area contributed by atoms with Crippen LogP contribution >= 0.6 is 23.6 Å². The van der Waals surface area contributed by atoms with Crippen molar-refractivity contribution in [2.24, 2.45) is 0 Å². The molecule has 2 aromatic rings. The molecule has 0 amide bonds. The molecule has 2 rings (SSSR count). The second kappa shape index (κ2) is 5.56. The summed E-state index contributed by atoms with van der Waals surface area (Å²) in [5.74, 6) is 0. The van der Waals surface area contributed by atoms with Crippen molar-refractivity contribution in [3.05, 3.63) is 25.6 Å². The maximum atomic E-state index is 12.5. The van der Waals surface area contributed by atoms with Crippen LogP contribution in [0.15, 0.2) is 4.79 Å². The van der Waals surface area contributed by atoms with E-state index >= 15 is 0 Å². The molecular formula is C13H19N3OS2. The van der Waals surface area contributed by atoms with Gasteiger partial charge in [-0.05, 0) is 45.2 Å². The van der Waals surface area contributed by atoms with Crippen LogP contribution in [0.2, 0.25) is 0 Å². The SMILES string of the molecule is CCN(C)CCn1c(=S)[nH]c2sc(C)c(C)c2c1=O. The Balaban J connectivity index is 2.53. The van der Waals surface area contributed by atoms with Crippen LogP contribution in [-0.2, 0) is 6.54 Å². The van der Waals surface area contributed by atoms with Gasteiger partial charge in [0.15, 0.2) is 4.77 Å². The molecule has 6 heteroatoms. The summed E-state index contributed by atoms with van der Waals surface area (Å²) < 4.78 is 2.19. The van der Waals surface area contributed by atoms with Crippen LogP contribution in [0.1, 0.15) is 17.4 Å². The Kier molecular flexibility index (Phi) is 4.23. The third-order valence-corrected chi connectivity index (χ3v) is 5.00. The Bertz CT molecular complexity index is 711. The van der Waals surface area contributed by atoms with E-state index in [0.717, 1.165) is 28.9 Å². The van der Waals surface area contributed by atoms with E-state index in [4.69, 9.17) is 12.2 Å². The van der Waals surface area contributed by atoms with Crippen molar-refractivity contribution in [3.63, 3.8) is 0 Å². The molecule has 19 heavy (non-hydrogen) atoms. The Hall–Kier alpha value is -0.980. The molecule has 0 unspecified atom stereocenters. The predicted molar refractivity (Wildman–Crippen MR) is 83.9 cm³/mol. The number of hydrogen-bond donors (Lipinski definition) is 1. The van der Waals surface area contributed by atoms with E-state index < -0.39 is 0 Å². The number of likely N-dealkylation sites (N-methyl/N-ethyl adjacent to an activating group) is 1. The second-order valence-electron chi connectivity index (χ2n) is 4.77. The fraction of sp³-hybridized carbons (Fsp3) is 0.538. The third kappa shape index (κ3) is 2.66. The summed E-state index contributed by atoms with van der Waals surface area (Å²) in [6, 6.07) is 0. The molecule has 2 heterocycles. The molecule has 0 aromatic carbocycles. The average molecular weight is 297 g/mol. The number of rotatable bonds is 4. The molecule has 0 spiro atoms. The van der Waals surface area contributed by atoms with Crippen LogP contribution in [0.4, 0.5) is 0 Å². The summed E-state index contributed by atoms with van der Waals surface area (Å²) in [4.78, 5) is 20.0. The fourth-order valence-corrected chi connectivity index (χ4v) is 3.39. The molecule has 0 aliphatic carbocycles. The predicted octanol–water partition coefficient (Wildman–Crippen LogP) is 2.69. The quantitative estimate of drug-likeness (QED) is 0.882. The van der Waals surface area contributed by atoms with Crippen molar-refractivity contribution in [2.75, 3.05) is 20.1 Å². The van der Waals surface area contributed by atoms with Gasteiger partial charge in [0.05, 0.1) is 5.39 Å². The number of aryl methyl sites for hydroxylation is 2. The molecule has 0 fully saturated rings. The van der Waals surface area contributed by atoms with E-state index in [0.29, 0.717) is 11.3 Å². The summed E-state index contributed by atoms with van der Waals surface area (Å²) >= 11 is 6.90. The van der Waals surface area contributed by atoms with Gasteiger partial charge in [-0.2, -0.15) is 0 Å². The molecular weight excluding hydrogens is 278 g/mol. The van der Waals surface area contributed by atoms with Crippen molar-refractivity contribution in [2.45, 2.75) is 27.3 Å². The number of hydrogen-bond acceptors (Lipinski definition) is 4. The minimum Gasteiger partial charge on any atom is -0.323 e. The first-order chi connectivity index (χ1) is 8.95. The first-order valence-electron chi connectivity index (χ1n) is 6.37. The molecule has 0 saturated carbocycles. The molecule has 1 N–H and O–H groups in total. The number of nitrogens with zero attached hydrogens (tertiary/aromatic N) is 2. The molecule has 0 aliphatic heterocycles. The van der Waals surface area contributed by atoms with Crippen LogP contribution in [-0.4, -0.2) is 34.6 Å². The number of aromatic amines is 1. The van der Waals surface area contributed by atoms with Gasteiger partial charge in [-0.15, -0.1) is 11.3 Å². The molecule has 104 valence electrons. The Morgan fingerprint density at radius 1 is 1.42 bits per heavy atom. The summed E-state index contributed by atoms with van der Waals surface area (Å²) in [6.45, 7) is 8.54. The summed E-state index contributed by atoms with van der Waals surface area (Å²) in [5.41, 5.74) is 1.10. The number of thiophene rings is 1. The first kappa shape index (κ1) is 14.4. The van der Waals surface area contributed by atoms with E-state index in [-0.39, 0.29) is 5.56 Å². The number of fused-ring (bicyclic) bond motifs is 1. The summed E-state index contributed by atoms with van der Waals surface area (Å²) in [5, 5.41) is 0.787. The lowest BCUT2D eigenvalue weighted by Crippen LogP contribution is -2.29. The molecule has 0 bridgehead atoms. The third-order valence-electron chi connectivity index (χ3n) is 3.56. The number of nitrogens with one attached hydrogen (secondary N) is 1. The van der Waals surface area contributed by atoms with Crippen LogP contribution in [0, 0.1) is 18.6 Å². The van der Waals surface area contributed by atoms with E-state index in [2.05, 4.69) is 16.8 Å². The Morgan fingerprint density at radius 2 is 2.11 bits per heavy atom. The van der Waals surface area contributed by atoms with E-state index in [1.165, 1.54) is 4.88 Å². The maximum absolute atomic E-state index is 12.5. The van der Waals surface area contributed by atoms with Crippen molar-refractivity contribution in [1.29, 1.82) is 0 Å². The van der Waals surface area contributed by atoms with Crippen LogP contribution < -0.4 is 5.56 Å². The highest BCUT2D eigenvalue weighted by atomic mass is 32.1. The first-order valence-corrected chi connectivity index (χ1v) is 7.59. The van der Waals surface area contributed by atoms with Gasteiger partial charge in [-0.1, -0.05) is 6.92 Å². The minimum atomic E-state index is 0.0325. The highest BCUT2D eigenvalue weighted by molar-refractivity contribution is 7.71. The van der Waals surface area contributed by atoms with Gasteiger partial charge in [0.25, 0.3) is 5.56 Å². The highest BCUT2D eigenvalue weighted by Crippen LogP contribution is 2.25. The van der Waals surface area contributed by atoms with Gasteiger partial charge in [0.1, 0.15) is 4.83 Å². The van der Waals surface area contributed by atoms with Crippen molar-refractivity contribution in [1.82, 2.24) is 14.5 Å². The lowest BCUT2D eigenvalue weighted by Gasteiger charge is -2.14. The Labute approximate surface area is 121 Å². The minimum absolute atomic E-state index is 0.0325. The second-order valence-corrected chi connectivity index (χ2v) is 6.38. The monoisotopic (exact) mass is 297 g/mol. The van der Waals surface area contributed by atoms with Crippen LogP contribution in [0.25, 0.3) is 10.2 Å². The van der Waals surface area contributed by atoms with Crippen molar-refractivity contribution >= 4 is 33.8 Å². The lowest BCUT2D eigenvalue weighted by molar-refractivity contribution is 0.332. The van der Waals surface area contributed by atoms with Gasteiger partial charge < -0.3 is 9.88 Å². The van der Waals surface area contributed by atoms with Gasteiger partial charge in [-0.25, -0.2) is 0 Å².